The predicted molar refractivity (Wildman–Crippen MR) is 105 cm³/mol. The Morgan fingerprint density at radius 1 is 1.26 bits per heavy atom. The number of hydrogen-bond acceptors (Lipinski definition) is 5. The number of H-pyrrole nitrogens is 1. The Morgan fingerprint density at radius 3 is 2.89 bits per heavy atom. The summed E-state index contributed by atoms with van der Waals surface area (Å²) in [5.41, 5.74) is 2.67. The van der Waals surface area contributed by atoms with Gasteiger partial charge in [0.1, 0.15) is 0 Å². The smallest absolute Gasteiger partial charge is 0.253 e. The van der Waals surface area contributed by atoms with Crippen molar-refractivity contribution in [3.8, 4) is 0 Å². The molecule has 0 unspecified atom stereocenters. The van der Waals surface area contributed by atoms with Gasteiger partial charge >= 0.3 is 0 Å². The van der Waals surface area contributed by atoms with Crippen LogP contribution >= 0.6 is 11.6 Å². The molecule has 0 saturated heterocycles. The summed E-state index contributed by atoms with van der Waals surface area (Å²) in [6, 6.07) is 6.85. The second-order valence-electron chi connectivity index (χ2n) is 6.63. The maximum absolute atomic E-state index is 12.4. The summed E-state index contributed by atoms with van der Waals surface area (Å²) < 4.78 is 0. The quantitative estimate of drug-likeness (QED) is 0.725. The molecule has 4 rings (SSSR count). The summed E-state index contributed by atoms with van der Waals surface area (Å²) in [6.07, 6.45) is 2.65. The van der Waals surface area contributed by atoms with E-state index in [1.54, 1.807) is 30.3 Å². The van der Waals surface area contributed by atoms with Gasteiger partial charge in [-0.15, -0.1) is 0 Å². The van der Waals surface area contributed by atoms with Gasteiger partial charge in [0.25, 0.3) is 5.56 Å². The van der Waals surface area contributed by atoms with Crippen molar-refractivity contribution in [1.29, 1.82) is 0 Å². The molecule has 1 amide bonds. The summed E-state index contributed by atoms with van der Waals surface area (Å²) >= 11 is 6.05. The van der Waals surface area contributed by atoms with Crippen LogP contribution in [-0.4, -0.2) is 27.9 Å². The number of hydrogen-bond donors (Lipinski definition) is 2. The molecule has 1 aliphatic heterocycles. The van der Waals surface area contributed by atoms with Crippen molar-refractivity contribution in [3.05, 3.63) is 57.1 Å². The molecule has 0 radical (unpaired) electrons. The number of aromatic amines is 1. The summed E-state index contributed by atoms with van der Waals surface area (Å²) in [7, 11) is 1.72. The monoisotopic (exact) mass is 383 g/mol. The van der Waals surface area contributed by atoms with Crippen LogP contribution in [0.5, 0.6) is 0 Å². The topological polar surface area (TPSA) is 91.0 Å². The first-order chi connectivity index (χ1) is 12.9. The largest absolute Gasteiger partial charge is 0.347 e. The molecule has 2 aromatic heterocycles. The molecule has 8 heteroatoms. The summed E-state index contributed by atoms with van der Waals surface area (Å²) in [4.78, 5) is 37.5. The second kappa shape index (κ2) is 6.66. The minimum absolute atomic E-state index is 0.0570. The van der Waals surface area contributed by atoms with E-state index in [9.17, 15) is 9.59 Å². The molecular formula is C19H18ClN5O2. The van der Waals surface area contributed by atoms with E-state index in [0.717, 1.165) is 22.3 Å². The molecule has 3 aromatic rings. The van der Waals surface area contributed by atoms with Crippen molar-refractivity contribution in [3.63, 3.8) is 0 Å². The van der Waals surface area contributed by atoms with E-state index in [2.05, 4.69) is 20.3 Å². The van der Waals surface area contributed by atoms with Gasteiger partial charge < -0.3 is 15.2 Å². The molecule has 3 heterocycles. The third kappa shape index (κ3) is 3.26. The van der Waals surface area contributed by atoms with Gasteiger partial charge in [-0.3, -0.25) is 9.59 Å². The van der Waals surface area contributed by atoms with Crippen molar-refractivity contribution in [1.82, 2.24) is 15.0 Å². The van der Waals surface area contributed by atoms with E-state index in [4.69, 9.17) is 11.6 Å². The summed E-state index contributed by atoms with van der Waals surface area (Å²) in [6.45, 7) is 1.87. The van der Waals surface area contributed by atoms with Gasteiger partial charge in [-0.05, 0) is 31.2 Å². The highest BCUT2D eigenvalue weighted by molar-refractivity contribution is 6.31. The van der Waals surface area contributed by atoms with Crippen LogP contribution in [0.25, 0.3) is 10.9 Å². The fourth-order valence-corrected chi connectivity index (χ4v) is 3.44. The second-order valence-corrected chi connectivity index (χ2v) is 7.07. The molecule has 0 spiro atoms. The number of pyridine rings is 1. The number of halogens is 1. The lowest BCUT2D eigenvalue weighted by Gasteiger charge is -2.25. The molecule has 0 fully saturated rings. The summed E-state index contributed by atoms with van der Waals surface area (Å²) in [5, 5.41) is 4.64. The lowest BCUT2D eigenvalue weighted by molar-refractivity contribution is -0.118. The Balaban J connectivity index is 1.64. The standard InChI is InChI=1S/C19H18ClN5O2/c1-10(13-8-11-7-12(20)3-4-14(11)23-18(13)27)22-19-21-9-16-15(24-19)5-6-17(26)25(16)2/h3-4,7-10H,5-6H2,1-2H3,(H,23,27)(H,21,22,24)/t10-/m0/s1. The number of nitrogens with one attached hydrogen (secondary N) is 2. The van der Waals surface area contributed by atoms with E-state index in [1.165, 1.54) is 0 Å². The Labute approximate surface area is 160 Å². The number of nitrogens with zero attached hydrogens (tertiary/aromatic N) is 3. The van der Waals surface area contributed by atoms with E-state index in [0.29, 0.717) is 29.4 Å². The van der Waals surface area contributed by atoms with Crippen LogP contribution in [0, 0.1) is 0 Å². The Bertz CT molecular complexity index is 1110. The normalized spacial score (nSPS) is 14.9. The predicted octanol–water partition coefficient (Wildman–Crippen LogP) is 3.05. The van der Waals surface area contributed by atoms with Crippen LogP contribution in [0.2, 0.25) is 5.02 Å². The van der Waals surface area contributed by atoms with E-state index >= 15 is 0 Å². The average molecular weight is 384 g/mol. The first-order valence-corrected chi connectivity index (χ1v) is 9.01. The fraction of sp³-hybridized carbons (Fsp3) is 0.263. The highest BCUT2D eigenvalue weighted by Crippen LogP contribution is 2.26. The van der Waals surface area contributed by atoms with Gasteiger partial charge in [0.2, 0.25) is 11.9 Å². The first kappa shape index (κ1) is 17.5. The minimum Gasteiger partial charge on any atom is -0.347 e. The van der Waals surface area contributed by atoms with Crippen LogP contribution < -0.4 is 15.8 Å². The molecule has 0 saturated carbocycles. The number of anilines is 2. The lowest BCUT2D eigenvalue weighted by atomic mass is 10.1. The first-order valence-electron chi connectivity index (χ1n) is 8.64. The van der Waals surface area contributed by atoms with Crippen LogP contribution in [0.4, 0.5) is 11.6 Å². The van der Waals surface area contributed by atoms with E-state index in [1.807, 2.05) is 19.1 Å². The van der Waals surface area contributed by atoms with Crippen LogP contribution in [0.1, 0.15) is 30.6 Å². The SMILES string of the molecule is C[C@H](Nc1ncc2c(n1)CCC(=O)N2C)c1cc2cc(Cl)ccc2[nH]c1=O. The molecule has 1 aromatic carbocycles. The average Bonchev–Trinajstić information content (AvgIpc) is 2.64. The molecular weight excluding hydrogens is 366 g/mol. The third-order valence-corrected chi connectivity index (χ3v) is 5.04. The highest BCUT2D eigenvalue weighted by atomic mass is 35.5. The number of aromatic nitrogens is 3. The zero-order chi connectivity index (χ0) is 19.1. The van der Waals surface area contributed by atoms with Crippen LogP contribution in [0.3, 0.4) is 0 Å². The maximum Gasteiger partial charge on any atom is 0.253 e. The number of benzene rings is 1. The van der Waals surface area contributed by atoms with Crippen molar-refractivity contribution in [2.24, 2.45) is 0 Å². The van der Waals surface area contributed by atoms with E-state index < -0.39 is 0 Å². The van der Waals surface area contributed by atoms with Gasteiger partial charge in [-0.2, -0.15) is 0 Å². The molecule has 27 heavy (non-hydrogen) atoms. The number of carbonyl (C=O) groups is 1. The Hall–Kier alpha value is -2.93. The van der Waals surface area contributed by atoms with E-state index in [-0.39, 0.29) is 17.5 Å². The van der Waals surface area contributed by atoms with Crippen molar-refractivity contribution < 1.29 is 4.79 Å². The van der Waals surface area contributed by atoms with Crippen molar-refractivity contribution in [2.75, 3.05) is 17.3 Å². The van der Waals surface area contributed by atoms with Gasteiger partial charge in [0, 0.05) is 41.4 Å². The third-order valence-electron chi connectivity index (χ3n) is 4.80. The Kier molecular flexibility index (Phi) is 4.31. The number of rotatable bonds is 3. The van der Waals surface area contributed by atoms with Gasteiger partial charge in [0.05, 0.1) is 23.6 Å². The number of fused-ring (bicyclic) bond motifs is 2. The Morgan fingerprint density at radius 2 is 2.07 bits per heavy atom. The van der Waals surface area contributed by atoms with Gasteiger partial charge in [-0.25, -0.2) is 9.97 Å². The summed E-state index contributed by atoms with van der Waals surface area (Å²) in [5.74, 6) is 0.483. The minimum atomic E-state index is -0.307. The molecule has 2 N–H and O–H groups in total. The maximum atomic E-state index is 12.4. The molecule has 7 nitrogen and oxygen atoms in total. The number of amides is 1. The molecule has 0 aliphatic carbocycles. The number of aryl methyl sites for hydroxylation is 1. The zero-order valence-corrected chi connectivity index (χ0v) is 15.7. The van der Waals surface area contributed by atoms with Crippen LogP contribution in [-0.2, 0) is 11.2 Å². The molecule has 1 aliphatic rings. The van der Waals surface area contributed by atoms with Crippen LogP contribution in [0.15, 0.2) is 35.3 Å². The fourth-order valence-electron chi connectivity index (χ4n) is 3.26. The number of carbonyl (C=O) groups excluding carboxylic acids is 1. The molecule has 1 atom stereocenters. The lowest BCUT2D eigenvalue weighted by Crippen LogP contribution is -2.32. The molecule has 0 bridgehead atoms. The highest BCUT2D eigenvalue weighted by Gasteiger charge is 2.23. The molecule has 138 valence electrons. The van der Waals surface area contributed by atoms with Crippen molar-refractivity contribution >= 4 is 40.0 Å². The van der Waals surface area contributed by atoms with Crippen molar-refractivity contribution in [2.45, 2.75) is 25.8 Å². The zero-order valence-electron chi connectivity index (χ0n) is 14.9. The van der Waals surface area contributed by atoms with Gasteiger partial charge in [-0.1, -0.05) is 11.6 Å². The van der Waals surface area contributed by atoms with Gasteiger partial charge in [0.15, 0.2) is 0 Å².